The molecule has 2 heterocycles. The Balaban J connectivity index is 1.89. The van der Waals surface area contributed by atoms with Gasteiger partial charge < -0.3 is 15.3 Å². The van der Waals surface area contributed by atoms with E-state index in [1.165, 1.54) is 0 Å². The van der Waals surface area contributed by atoms with Crippen molar-refractivity contribution in [1.82, 2.24) is 14.8 Å². The monoisotopic (exact) mass is 388 g/mol. The quantitative estimate of drug-likeness (QED) is 0.673. The van der Waals surface area contributed by atoms with Gasteiger partial charge in [0.25, 0.3) is 0 Å². The lowest BCUT2D eigenvalue weighted by atomic mass is 10.0. The van der Waals surface area contributed by atoms with E-state index >= 15 is 0 Å². The Kier molecular flexibility index (Phi) is 6.72. The van der Waals surface area contributed by atoms with Crippen LogP contribution >= 0.6 is 0 Å². The van der Waals surface area contributed by atoms with Gasteiger partial charge in [0.2, 0.25) is 12.3 Å². The zero-order chi connectivity index (χ0) is 20.0. The lowest BCUT2D eigenvalue weighted by Crippen LogP contribution is -2.48. The minimum Gasteiger partial charge on any atom is -0.481 e. The summed E-state index contributed by atoms with van der Waals surface area (Å²) in [6.07, 6.45) is -3.30. The van der Waals surface area contributed by atoms with Crippen molar-refractivity contribution in [1.29, 1.82) is 0 Å². The molecule has 0 saturated carbocycles. The Morgan fingerprint density at radius 3 is 2.41 bits per heavy atom. The molecular weight excluding hydrogens is 369 g/mol. The Morgan fingerprint density at radius 1 is 1.26 bits per heavy atom. The Bertz CT molecular complexity index is 673. The maximum absolute atomic E-state index is 12.5. The van der Waals surface area contributed by atoms with Crippen LogP contribution in [0.2, 0.25) is 0 Å². The van der Waals surface area contributed by atoms with Crippen molar-refractivity contribution in [3.8, 4) is 0 Å². The van der Waals surface area contributed by atoms with Gasteiger partial charge in [-0.05, 0) is 12.1 Å². The van der Waals surface area contributed by atoms with Crippen LogP contribution in [0.1, 0.15) is 12.1 Å². The highest BCUT2D eigenvalue weighted by Crippen LogP contribution is 2.27. The van der Waals surface area contributed by atoms with Gasteiger partial charge in [-0.1, -0.05) is 0 Å². The number of halogens is 3. The van der Waals surface area contributed by atoms with Gasteiger partial charge in [-0.25, -0.2) is 4.98 Å². The molecule has 0 radical (unpaired) electrons. The molecule has 2 amide bonds. The molecule has 0 aliphatic carbocycles. The van der Waals surface area contributed by atoms with Crippen molar-refractivity contribution in [2.75, 3.05) is 38.0 Å². The molecule has 1 aromatic rings. The Hall–Kier alpha value is -2.69. The Labute approximate surface area is 153 Å². The van der Waals surface area contributed by atoms with E-state index in [1.54, 1.807) is 4.90 Å². The summed E-state index contributed by atoms with van der Waals surface area (Å²) >= 11 is 0. The minimum absolute atomic E-state index is 0.0525. The first-order chi connectivity index (χ1) is 12.7. The highest BCUT2D eigenvalue weighted by atomic mass is 19.4. The second-order valence-electron chi connectivity index (χ2n) is 6.16. The third-order valence-electron chi connectivity index (χ3n) is 4.15. The van der Waals surface area contributed by atoms with Crippen molar-refractivity contribution < 1.29 is 32.7 Å². The van der Waals surface area contributed by atoms with Crippen LogP contribution in [0.4, 0.5) is 18.9 Å². The van der Waals surface area contributed by atoms with Crippen LogP contribution in [0.5, 0.6) is 0 Å². The second kappa shape index (κ2) is 8.80. The summed E-state index contributed by atoms with van der Waals surface area (Å²) in [5, 5.41) is 11.7. The first kappa shape index (κ1) is 20.6. The van der Waals surface area contributed by atoms with Crippen molar-refractivity contribution in [2.24, 2.45) is 5.92 Å². The number of carboxylic acids is 1. The first-order valence-electron chi connectivity index (χ1n) is 8.16. The molecule has 148 valence electrons. The molecular formula is C16H19F3N4O4. The molecule has 27 heavy (non-hydrogen) atoms. The molecule has 1 fully saturated rings. The second-order valence-corrected chi connectivity index (χ2v) is 6.16. The molecule has 1 aromatic heterocycles. The van der Waals surface area contributed by atoms with Crippen LogP contribution in [0, 0.1) is 5.92 Å². The number of nitrogens with one attached hydrogen (secondary N) is 1. The third kappa shape index (κ3) is 6.20. The number of hydrogen-bond acceptors (Lipinski definition) is 5. The number of nitrogens with zero attached hydrogens (tertiary/aromatic N) is 3. The molecule has 0 aromatic carbocycles. The maximum atomic E-state index is 12.5. The number of carboxylic acid groups (broad SMARTS) is 1. The predicted octanol–water partition coefficient (Wildman–Crippen LogP) is 0.904. The van der Waals surface area contributed by atoms with Crippen LogP contribution < -0.4 is 5.32 Å². The van der Waals surface area contributed by atoms with Crippen LogP contribution in [0.15, 0.2) is 18.3 Å². The summed E-state index contributed by atoms with van der Waals surface area (Å²) in [5.74, 6) is -2.75. The van der Waals surface area contributed by atoms with Gasteiger partial charge >= 0.3 is 12.1 Å². The number of carbonyl (C=O) groups is 3. The highest BCUT2D eigenvalue weighted by molar-refractivity contribution is 5.93. The number of aliphatic carboxylic acids is 1. The average molecular weight is 388 g/mol. The van der Waals surface area contributed by atoms with Crippen molar-refractivity contribution in [3.05, 3.63) is 24.0 Å². The molecule has 8 nitrogen and oxygen atoms in total. The maximum Gasteiger partial charge on any atom is 0.433 e. The summed E-state index contributed by atoms with van der Waals surface area (Å²) in [6.45, 7) is 2.12. The fraction of sp³-hybridized carbons (Fsp3) is 0.500. The van der Waals surface area contributed by atoms with Gasteiger partial charge in [0.1, 0.15) is 5.69 Å². The summed E-state index contributed by atoms with van der Waals surface area (Å²) in [7, 11) is 0. The molecule has 11 heteroatoms. The first-order valence-corrected chi connectivity index (χ1v) is 8.16. The van der Waals surface area contributed by atoms with Gasteiger partial charge in [0.05, 0.1) is 17.8 Å². The lowest BCUT2D eigenvalue weighted by molar-refractivity contribution is -0.144. The molecule has 1 saturated heterocycles. The molecule has 1 aliphatic rings. The van der Waals surface area contributed by atoms with E-state index in [2.05, 4.69) is 10.3 Å². The van der Waals surface area contributed by atoms with E-state index in [-0.39, 0.29) is 18.7 Å². The molecule has 0 bridgehead atoms. The number of carbonyl (C=O) groups excluding carboxylic acids is 2. The van der Waals surface area contributed by atoms with E-state index in [0.717, 1.165) is 24.7 Å². The summed E-state index contributed by atoms with van der Waals surface area (Å²) in [6, 6.07) is 1.79. The van der Waals surface area contributed by atoms with E-state index < -0.39 is 29.7 Å². The van der Waals surface area contributed by atoms with Crippen molar-refractivity contribution in [3.63, 3.8) is 0 Å². The number of anilines is 1. The fourth-order valence-electron chi connectivity index (χ4n) is 2.66. The van der Waals surface area contributed by atoms with E-state index in [0.29, 0.717) is 26.2 Å². The number of amides is 2. The predicted molar refractivity (Wildman–Crippen MR) is 87.7 cm³/mol. The number of hydrogen-bond donors (Lipinski definition) is 2. The van der Waals surface area contributed by atoms with Gasteiger partial charge in [0.15, 0.2) is 0 Å². The van der Waals surface area contributed by atoms with Crippen LogP contribution in [-0.4, -0.2) is 70.9 Å². The largest absolute Gasteiger partial charge is 0.481 e. The van der Waals surface area contributed by atoms with Gasteiger partial charge in [-0.2, -0.15) is 13.2 Å². The number of piperazine rings is 1. The number of aromatic nitrogens is 1. The van der Waals surface area contributed by atoms with Gasteiger partial charge in [0, 0.05) is 39.1 Å². The van der Waals surface area contributed by atoms with E-state index in [9.17, 15) is 32.7 Å². The molecule has 1 atom stereocenters. The SMILES string of the molecule is O=CN1CCN(C[C@H](CC(=O)Nc2ccc(C(F)(F)F)nc2)C(=O)O)CC1. The normalized spacial score (nSPS) is 16.6. The lowest BCUT2D eigenvalue weighted by Gasteiger charge is -2.33. The molecule has 0 unspecified atom stereocenters. The standard InChI is InChI=1S/C16H19F3N4O4/c17-16(18,19)13-2-1-12(8-20-13)21-14(25)7-11(15(26)27)9-22-3-5-23(10-24)6-4-22/h1-2,8,10-11H,3-7,9H2,(H,21,25)(H,26,27)/t11-/m0/s1. The number of rotatable bonds is 7. The number of pyridine rings is 1. The van der Waals surface area contributed by atoms with Crippen molar-refractivity contribution >= 4 is 24.0 Å². The molecule has 2 N–H and O–H groups in total. The Morgan fingerprint density at radius 2 is 1.93 bits per heavy atom. The topological polar surface area (TPSA) is 103 Å². The fourth-order valence-corrected chi connectivity index (χ4v) is 2.66. The smallest absolute Gasteiger partial charge is 0.433 e. The molecule has 2 rings (SSSR count). The summed E-state index contributed by atoms with van der Waals surface area (Å²) in [4.78, 5) is 40.8. The summed E-state index contributed by atoms with van der Waals surface area (Å²) < 4.78 is 37.4. The number of alkyl halides is 3. The van der Waals surface area contributed by atoms with Gasteiger partial charge in [-0.3, -0.25) is 19.3 Å². The van der Waals surface area contributed by atoms with Crippen molar-refractivity contribution in [2.45, 2.75) is 12.6 Å². The zero-order valence-electron chi connectivity index (χ0n) is 14.3. The van der Waals surface area contributed by atoms with Crippen LogP contribution in [0.25, 0.3) is 0 Å². The summed E-state index contributed by atoms with van der Waals surface area (Å²) in [5.41, 5.74) is -1.03. The van der Waals surface area contributed by atoms with Crippen LogP contribution in [-0.2, 0) is 20.6 Å². The molecule has 0 spiro atoms. The average Bonchev–Trinajstić information content (AvgIpc) is 2.61. The van der Waals surface area contributed by atoms with E-state index in [1.807, 2.05) is 4.90 Å². The zero-order valence-corrected chi connectivity index (χ0v) is 14.3. The minimum atomic E-state index is -4.58. The van der Waals surface area contributed by atoms with E-state index in [4.69, 9.17) is 0 Å². The van der Waals surface area contributed by atoms with Gasteiger partial charge in [-0.15, -0.1) is 0 Å². The third-order valence-corrected chi connectivity index (χ3v) is 4.15. The van der Waals surface area contributed by atoms with Crippen LogP contribution in [0.3, 0.4) is 0 Å². The highest BCUT2D eigenvalue weighted by Gasteiger charge is 2.32. The molecule has 1 aliphatic heterocycles.